The van der Waals surface area contributed by atoms with Gasteiger partial charge in [0.15, 0.2) is 0 Å². The second kappa shape index (κ2) is 5.57. The molecule has 0 amide bonds. The average molecular weight is 270 g/mol. The van der Waals surface area contributed by atoms with Crippen molar-refractivity contribution < 1.29 is 0 Å². The first-order valence-electron chi connectivity index (χ1n) is 6.68. The van der Waals surface area contributed by atoms with Gasteiger partial charge in [-0.05, 0) is 58.3 Å². The van der Waals surface area contributed by atoms with Gasteiger partial charge < -0.3 is 5.32 Å². The number of benzene rings is 1. The van der Waals surface area contributed by atoms with E-state index in [1.165, 1.54) is 28.7 Å². The molecule has 1 aromatic heterocycles. The van der Waals surface area contributed by atoms with Crippen molar-refractivity contribution in [1.29, 1.82) is 0 Å². The molecule has 0 saturated heterocycles. The predicted molar refractivity (Wildman–Crippen MR) is 83.1 cm³/mol. The first-order chi connectivity index (χ1) is 9.38. The number of nitrogens with zero attached hydrogens (tertiary/aromatic N) is 1. The largest absolute Gasteiger partial charge is 0.373 e. The average Bonchev–Trinajstić information content (AvgIpc) is 2.98. The highest BCUT2D eigenvalue weighted by Gasteiger charge is 2.20. The first-order valence-corrected chi connectivity index (χ1v) is 7.63. The van der Waals surface area contributed by atoms with E-state index in [1.807, 2.05) is 6.34 Å². The van der Waals surface area contributed by atoms with Crippen LogP contribution in [0.5, 0.6) is 0 Å². The number of hydrogen-bond acceptors (Lipinski definition) is 2. The molecule has 19 heavy (non-hydrogen) atoms. The molecule has 1 aromatic carbocycles. The minimum atomic E-state index is 0.522. The van der Waals surface area contributed by atoms with E-state index >= 15 is 0 Å². The number of aliphatic imine (C=N–C) groups is 1. The van der Waals surface area contributed by atoms with Gasteiger partial charge in [0.25, 0.3) is 0 Å². The van der Waals surface area contributed by atoms with E-state index in [-0.39, 0.29) is 0 Å². The fourth-order valence-corrected chi connectivity index (χ4v) is 3.47. The lowest BCUT2D eigenvalue weighted by Gasteiger charge is -2.26. The van der Waals surface area contributed by atoms with E-state index in [1.54, 1.807) is 18.4 Å². The fourth-order valence-electron chi connectivity index (χ4n) is 2.82. The maximum atomic E-state index is 4.01. The molecular formula is C16H18N2S. The van der Waals surface area contributed by atoms with E-state index in [0.717, 1.165) is 12.8 Å². The van der Waals surface area contributed by atoms with Crippen molar-refractivity contribution in [1.82, 2.24) is 5.32 Å². The molecule has 0 bridgehead atoms. The van der Waals surface area contributed by atoms with E-state index < -0.39 is 0 Å². The predicted octanol–water partition coefficient (Wildman–Crippen LogP) is 3.52. The lowest BCUT2D eigenvalue weighted by Crippen LogP contribution is -2.33. The SMILES string of the molecule is CN=CNC1CCc2c(cccc2-c2ccsc2)C1. The smallest absolute Gasteiger partial charge is 0.0822 e. The Bertz CT molecular complexity index is 572. The normalized spacial score (nSPS) is 18.5. The Balaban J connectivity index is 1.89. The van der Waals surface area contributed by atoms with Crippen molar-refractivity contribution in [3.8, 4) is 11.1 Å². The van der Waals surface area contributed by atoms with Crippen LogP contribution in [0.2, 0.25) is 0 Å². The number of nitrogens with one attached hydrogen (secondary N) is 1. The minimum absolute atomic E-state index is 0.522. The molecule has 98 valence electrons. The Labute approximate surface area is 118 Å². The Hall–Kier alpha value is -1.61. The molecule has 1 heterocycles. The molecule has 0 aliphatic heterocycles. The van der Waals surface area contributed by atoms with Crippen molar-refractivity contribution in [3.05, 3.63) is 46.2 Å². The van der Waals surface area contributed by atoms with Crippen LogP contribution in [0.15, 0.2) is 40.0 Å². The molecule has 0 radical (unpaired) electrons. The number of thiophene rings is 1. The molecule has 1 aliphatic rings. The third-order valence-electron chi connectivity index (χ3n) is 3.75. The summed E-state index contributed by atoms with van der Waals surface area (Å²) < 4.78 is 0. The molecule has 2 aromatic rings. The van der Waals surface area contributed by atoms with Crippen molar-refractivity contribution in [2.45, 2.75) is 25.3 Å². The summed E-state index contributed by atoms with van der Waals surface area (Å²) in [6, 6.07) is 9.44. The van der Waals surface area contributed by atoms with Crippen LogP contribution in [-0.2, 0) is 12.8 Å². The van der Waals surface area contributed by atoms with E-state index in [9.17, 15) is 0 Å². The van der Waals surface area contributed by atoms with Crippen molar-refractivity contribution in [2.24, 2.45) is 4.99 Å². The van der Waals surface area contributed by atoms with Gasteiger partial charge in [-0.25, -0.2) is 0 Å². The van der Waals surface area contributed by atoms with Gasteiger partial charge >= 0.3 is 0 Å². The molecule has 2 nitrogen and oxygen atoms in total. The monoisotopic (exact) mass is 270 g/mol. The summed E-state index contributed by atoms with van der Waals surface area (Å²) in [7, 11) is 1.80. The van der Waals surface area contributed by atoms with Crippen LogP contribution in [0.1, 0.15) is 17.5 Å². The number of rotatable bonds is 3. The molecule has 0 fully saturated rings. The van der Waals surface area contributed by atoms with Crippen LogP contribution in [-0.4, -0.2) is 19.4 Å². The van der Waals surface area contributed by atoms with Gasteiger partial charge in [0, 0.05) is 13.1 Å². The quantitative estimate of drug-likeness (QED) is 0.670. The third-order valence-corrected chi connectivity index (χ3v) is 4.44. The second-order valence-corrected chi connectivity index (χ2v) is 5.73. The zero-order valence-electron chi connectivity index (χ0n) is 11.1. The Kier molecular flexibility index (Phi) is 3.65. The minimum Gasteiger partial charge on any atom is -0.373 e. The van der Waals surface area contributed by atoms with Crippen LogP contribution in [0, 0.1) is 0 Å². The maximum absolute atomic E-state index is 4.01. The topological polar surface area (TPSA) is 24.4 Å². The van der Waals surface area contributed by atoms with E-state index in [2.05, 4.69) is 45.3 Å². The van der Waals surface area contributed by atoms with Crippen molar-refractivity contribution in [3.63, 3.8) is 0 Å². The standard InChI is InChI=1S/C16H18N2S/c1-17-11-18-14-5-6-16-12(9-14)3-2-4-15(16)13-7-8-19-10-13/h2-4,7-8,10-11,14H,5-6,9H2,1H3,(H,17,18). The highest BCUT2D eigenvalue weighted by molar-refractivity contribution is 7.08. The molecule has 3 heteroatoms. The van der Waals surface area contributed by atoms with Gasteiger partial charge in [-0.1, -0.05) is 18.2 Å². The molecular weight excluding hydrogens is 252 g/mol. The van der Waals surface area contributed by atoms with Crippen molar-refractivity contribution >= 4 is 17.7 Å². The summed E-state index contributed by atoms with van der Waals surface area (Å²) >= 11 is 1.77. The van der Waals surface area contributed by atoms with E-state index in [0.29, 0.717) is 6.04 Å². The lowest BCUT2D eigenvalue weighted by molar-refractivity contribution is 0.533. The van der Waals surface area contributed by atoms with Crippen LogP contribution < -0.4 is 5.32 Å². The highest BCUT2D eigenvalue weighted by atomic mass is 32.1. The summed E-state index contributed by atoms with van der Waals surface area (Å²) in [5.74, 6) is 0. The number of hydrogen-bond donors (Lipinski definition) is 1. The van der Waals surface area contributed by atoms with Crippen LogP contribution in [0.25, 0.3) is 11.1 Å². The summed E-state index contributed by atoms with van der Waals surface area (Å²) in [5.41, 5.74) is 5.80. The number of fused-ring (bicyclic) bond motifs is 1. The highest BCUT2D eigenvalue weighted by Crippen LogP contribution is 2.32. The van der Waals surface area contributed by atoms with E-state index in [4.69, 9.17) is 0 Å². The summed E-state index contributed by atoms with van der Waals surface area (Å²) in [5, 5.41) is 7.77. The third kappa shape index (κ3) is 2.56. The molecule has 1 N–H and O–H groups in total. The Morgan fingerprint density at radius 3 is 3.11 bits per heavy atom. The van der Waals surface area contributed by atoms with Gasteiger partial charge in [0.2, 0.25) is 0 Å². The molecule has 1 aliphatic carbocycles. The van der Waals surface area contributed by atoms with Crippen LogP contribution in [0.4, 0.5) is 0 Å². The zero-order chi connectivity index (χ0) is 13.1. The lowest BCUT2D eigenvalue weighted by atomic mass is 9.84. The maximum Gasteiger partial charge on any atom is 0.0822 e. The van der Waals surface area contributed by atoms with Crippen LogP contribution >= 0.6 is 11.3 Å². The Morgan fingerprint density at radius 1 is 1.37 bits per heavy atom. The van der Waals surface area contributed by atoms with Crippen LogP contribution in [0.3, 0.4) is 0 Å². The first kappa shape index (κ1) is 12.4. The molecule has 0 saturated carbocycles. The van der Waals surface area contributed by atoms with Gasteiger partial charge in [-0.15, -0.1) is 0 Å². The Morgan fingerprint density at radius 2 is 2.32 bits per heavy atom. The van der Waals surface area contributed by atoms with Gasteiger partial charge in [-0.3, -0.25) is 4.99 Å². The summed E-state index contributed by atoms with van der Waals surface area (Å²) in [6.45, 7) is 0. The summed E-state index contributed by atoms with van der Waals surface area (Å²) in [4.78, 5) is 4.01. The molecule has 0 spiro atoms. The molecule has 1 unspecified atom stereocenters. The van der Waals surface area contributed by atoms with Crippen molar-refractivity contribution in [2.75, 3.05) is 7.05 Å². The summed E-state index contributed by atoms with van der Waals surface area (Å²) in [6.07, 6.45) is 5.24. The zero-order valence-corrected chi connectivity index (χ0v) is 11.9. The van der Waals surface area contributed by atoms with Gasteiger partial charge in [-0.2, -0.15) is 11.3 Å². The molecule has 1 atom stereocenters. The van der Waals surface area contributed by atoms with Gasteiger partial charge in [0.1, 0.15) is 0 Å². The second-order valence-electron chi connectivity index (χ2n) is 4.95. The molecule has 3 rings (SSSR count). The van der Waals surface area contributed by atoms with Gasteiger partial charge in [0.05, 0.1) is 6.34 Å². The fraction of sp³-hybridized carbons (Fsp3) is 0.312.